The number of sulfonamides is 3. The smallest absolute Gasteiger partial charge is 0.416 e. The number of halogens is 15. The lowest BCUT2D eigenvalue weighted by molar-refractivity contribution is -0.336. The SMILES string of the molecule is COC(=O)c1cc(C(F)(F)F)ccc1N.COC(=O)c1cc(C(F)(F)F)ccc1NS(=O)(=O)c1ccc(S(C)(=O)=O)cc1.CS(=O)(=O)c1ccc(S(=O)(=O)Nc2ccc(C(F)(F)F)cc2C(=O)NC23CC(C(F)(F)F)(C2)C3)cc1.CS(=O)(=O)c1ccc(S(=O)(=O)Nc2ccc(C(F)(F)F)cc2C(=O)O)cc1. The summed E-state index contributed by atoms with van der Waals surface area (Å²) >= 11 is 0. The second-order valence-electron chi connectivity index (χ2n) is 23.0. The number of nitrogens with one attached hydrogen (secondary N) is 4. The van der Waals surface area contributed by atoms with E-state index in [0.29, 0.717) is 48.5 Å². The van der Waals surface area contributed by atoms with Crippen LogP contribution in [0.4, 0.5) is 88.6 Å². The van der Waals surface area contributed by atoms with E-state index in [-0.39, 0.29) is 30.8 Å². The lowest BCUT2D eigenvalue weighted by atomic mass is 9.39. The lowest BCUT2D eigenvalue weighted by Gasteiger charge is -2.70. The van der Waals surface area contributed by atoms with Gasteiger partial charge >= 0.3 is 48.8 Å². The molecule has 0 heterocycles. The first-order valence-electron chi connectivity index (χ1n) is 28.5. The highest BCUT2D eigenvalue weighted by Gasteiger charge is 2.79. The zero-order chi connectivity index (χ0) is 80.5. The monoisotopic (exact) mass is 1640 g/mol. The summed E-state index contributed by atoms with van der Waals surface area (Å²) in [6, 6.07) is 19.7. The zero-order valence-electron chi connectivity index (χ0n) is 54.0. The number of aromatic carboxylic acids is 1. The summed E-state index contributed by atoms with van der Waals surface area (Å²) in [5.41, 5.74) is -6.52. The number of carboxylic acid groups (broad SMARTS) is 1. The van der Waals surface area contributed by atoms with Crippen LogP contribution in [-0.4, -0.2) is 124 Å². The number of methoxy groups -OCH3 is 2. The fraction of sp³-hybridized carbons (Fsp3) is 0.246. The number of sulfone groups is 3. The first-order valence-corrected chi connectivity index (χ1v) is 38.6. The fourth-order valence-electron chi connectivity index (χ4n) is 9.83. The first kappa shape index (κ1) is 85.2. The molecule has 7 aromatic rings. The summed E-state index contributed by atoms with van der Waals surface area (Å²) < 4.78 is 351. The van der Waals surface area contributed by atoms with Gasteiger partial charge in [-0.15, -0.1) is 0 Å². The van der Waals surface area contributed by atoms with Gasteiger partial charge in [0.25, 0.3) is 36.0 Å². The summed E-state index contributed by atoms with van der Waals surface area (Å²) in [7, 11) is -21.9. The van der Waals surface area contributed by atoms with E-state index < -0.39 is 210 Å². The van der Waals surface area contributed by atoms with Crippen LogP contribution in [0.5, 0.6) is 0 Å². The van der Waals surface area contributed by atoms with E-state index in [1.807, 2.05) is 14.2 Å². The van der Waals surface area contributed by atoms with Crippen LogP contribution in [0.2, 0.25) is 0 Å². The number of alkyl halides is 15. The Morgan fingerprint density at radius 1 is 0.387 bits per heavy atom. The molecule has 45 heteroatoms. The van der Waals surface area contributed by atoms with Crippen LogP contribution in [-0.2, 0) is 93.8 Å². The molecule has 10 rings (SSSR count). The van der Waals surface area contributed by atoms with Crippen LogP contribution in [0.25, 0.3) is 0 Å². The van der Waals surface area contributed by atoms with E-state index in [0.717, 1.165) is 130 Å². The molecule has 0 radical (unpaired) electrons. The maximum Gasteiger partial charge on any atom is 0.416 e. The molecule has 0 unspecified atom stereocenters. The number of ether oxygens (including phenoxy) is 2. The summed E-state index contributed by atoms with van der Waals surface area (Å²) in [4.78, 5) is 45.3. The number of carbonyl (C=O) groups is 4. The molecule has 3 fully saturated rings. The lowest BCUT2D eigenvalue weighted by Crippen LogP contribution is -2.78. The number of anilines is 4. The Hall–Kier alpha value is -9.73. The number of esters is 2. The van der Waals surface area contributed by atoms with Gasteiger partial charge in [-0.2, -0.15) is 65.9 Å². The number of amides is 1. The molecule has 0 saturated heterocycles. The van der Waals surface area contributed by atoms with Crippen molar-refractivity contribution < 1.29 is 150 Å². The van der Waals surface area contributed by atoms with Gasteiger partial charge in [0.05, 0.1) is 111 Å². The maximum atomic E-state index is 13.3. The number of benzene rings is 7. The molecule has 0 spiro atoms. The first-order chi connectivity index (χ1) is 48.1. The quantitative estimate of drug-likeness (QED) is 0.0280. The predicted molar refractivity (Wildman–Crippen MR) is 343 cm³/mol. The average molecular weight is 1640 g/mol. The third-order valence-corrected chi connectivity index (χ3v) is 22.7. The van der Waals surface area contributed by atoms with Crippen molar-refractivity contribution in [3.8, 4) is 0 Å². The third kappa shape index (κ3) is 20.7. The van der Waals surface area contributed by atoms with Gasteiger partial charge in [-0.3, -0.25) is 19.0 Å². The largest absolute Gasteiger partial charge is 0.478 e. The highest BCUT2D eigenvalue weighted by molar-refractivity contribution is 7.93. The Labute approximate surface area is 592 Å². The number of rotatable bonds is 17. The van der Waals surface area contributed by atoms with E-state index in [4.69, 9.17) is 10.8 Å². The number of hydrogen-bond acceptors (Lipinski definition) is 19. The third-order valence-electron chi connectivity index (χ3n) is 15.1. The number of carbonyl (C=O) groups excluding carboxylic acids is 3. The van der Waals surface area contributed by atoms with Gasteiger partial charge in [0, 0.05) is 30.0 Å². The van der Waals surface area contributed by atoms with Crippen molar-refractivity contribution in [2.75, 3.05) is 52.9 Å². The molecular weight excluding hydrogens is 1580 g/mol. The predicted octanol–water partition coefficient (Wildman–Crippen LogP) is 11.5. The Kier molecular flexibility index (Phi) is 24.3. The van der Waals surface area contributed by atoms with Crippen LogP contribution in [0.1, 0.15) is 82.9 Å². The normalized spacial score (nSPS) is 16.2. The second-order valence-corrected chi connectivity index (χ2v) is 34.0. The molecule has 3 aliphatic carbocycles. The van der Waals surface area contributed by atoms with Crippen LogP contribution < -0.4 is 25.2 Å². The highest BCUT2D eigenvalue weighted by Crippen LogP contribution is 2.73. The van der Waals surface area contributed by atoms with Gasteiger partial charge in [-0.05, 0) is 165 Å². The van der Waals surface area contributed by atoms with E-state index in [1.165, 1.54) is 0 Å². The molecule has 0 atom stereocenters. The summed E-state index contributed by atoms with van der Waals surface area (Å²) in [5, 5.41) is 11.4. The van der Waals surface area contributed by atoms with E-state index in [1.54, 1.807) is 0 Å². The minimum absolute atomic E-state index is 0.0464. The van der Waals surface area contributed by atoms with Gasteiger partial charge in [0.15, 0.2) is 29.5 Å². The molecule has 0 aliphatic heterocycles. The van der Waals surface area contributed by atoms with Crippen LogP contribution >= 0.6 is 0 Å². The summed E-state index contributed by atoms with van der Waals surface area (Å²) in [6.45, 7) is 0. The van der Waals surface area contributed by atoms with Gasteiger partial charge in [0.2, 0.25) is 0 Å². The molecule has 24 nitrogen and oxygen atoms in total. The number of nitrogens with two attached hydrogens (primary N) is 1. The zero-order valence-corrected chi connectivity index (χ0v) is 58.9. The molecule has 7 aromatic carbocycles. The van der Waals surface area contributed by atoms with Crippen molar-refractivity contribution in [1.29, 1.82) is 0 Å². The van der Waals surface area contributed by atoms with Crippen LogP contribution in [0, 0.1) is 5.41 Å². The Bertz CT molecular complexity index is 5280. The number of nitrogen functional groups attached to an aromatic ring is 1. The standard InChI is InChI=1S/C21H18F6N2O5S2.C16H14F3NO6S2.C15H12F3NO6S2.C9H8F3NO2/c1-35(31,32)13-3-5-14(6-4-13)36(33,34)29-16-7-2-12(20(22,23)24)8-15(16)17(30)28-19-9-18(10-19,11-19)21(25,26)27;1-26-15(21)13-9-10(16(17,18)19)3-8-14(13)20-28(24,25)12-6-4-11(5-7-12)27(2,22)23;1-26(22,23)10-3-5-11(6-4-10)27(24,25)19-13-7-2-9(15(16,17)18)8-12(13)14(20)21;1-15-8(14)6-4-5(9(10,11)12)2-3-7(6)13/h2-8,29H,9-11H2,1H3,(H,28,30);3-9,20H,1-2H3;2-8,19H,1H3,(H,20,21);2-4H,13H2,1H3. The molecule has 2 bridgehead atoms. The highest BCUT2D eigenvalue weighted by atomic mass is 32.2. The van der Waals surface area contributed by atoms with Gasteiger partial charge in [-0.1, -0.05) is 0 Å². The molecular formula is C61H52F15N5O19S6. The Morgan fingerprint density at radius 2 is 0.642 bits per heavy atom. The Balaban J connectivity index is 0.000000230. The van der Waals surface area contributed by atoms with Crippen molar-refractivity contribution >= 4 is 106 Å². The van der Waals surface area contributed by atoms with Gasteiger partial charge in [0.1, 0.15) is 0 Å². The second kappa shape index (κ2) is 30.3. The molecule has 0 aromatic heterocycles. The molecule has 7 N–H and O–H groups in total. The van der Waals surface area contributed by atoms with Crippen LogP contribution in [0.15, 0.2) is 175 Å². The van der Waals surface area contributed by atoms with E-state index >= 15 is 0 Å². The molecule has 3 saturated carbocycles. The molecule has 3 aliphatic rings. The molecule has 1 amide bonds. The van der Waals surface area contributed by atoms with Crippen LogP contribution in [0.3, 0.4) is 0 Å². The fourth-order valence-corrected chi connectivity index (χ4v) is 15.0. The Morgan fingerprint density at radius 3 is 0.925 bits per heavy atom. The van der Waals surface area contributed by atoms with Gasteiger partial charge < -0.3 is 25.6 Å². The van der Waals surface area contributed by atoms with E-state index in [2.05, 4.69) is 14.8 Å². The minimum Gasteiger partial charge on any atom is -0.478 e. The van der Waals surface area contributed by atoms with Gasteiger partial charge in [-0.25, -0.2) is 64.9 Å². The number of carboxylic acids is 1. The van der Waals surface area contributed by atoms with E-state index in [9.17, 15) is 136 Å². The van der Waals surface area contributed by atoms with Crippen molar-refractivity contribution in [2.45, 2.75) is 85.1 Å². The summed E-state index contributed by atoms with van der Waals surface area (Å²) in [6.07, 6.45) is -21.9. The topological polar surface area (TPSA) is 386 Å². The van der Waals surface area contributed by atoms with Crippen molar-refractivity contribution in [3.05, 3.63) is 190 Å². The average Bonchev–Trinajstić information content (AvgIpc) is 0.666. The molecule has 106 heavy (non-hydrogen) atoms. The van der Waals surface area contributed by atoms with Crippen molar-refractivity contribution in [2.24, 2.45) is 5.41 Å². The molecule has 576 valence electrons. The maximum absolute atomic E-state index is 13.3. The van der Waals surface area contributed by atoms with Crippen molar-refractivity contribution in [3.63, 3.8) is 0 Å². The summed E-state index contributed by atoms with van der Waals surface area (Å²) in [5.74, 6) is -4.98. The minimum atomic E-state index is -4.88. The number of hydrogen-bond donors (Lipinski definition) is 6. The van der Waals surface area contributed by atoms with Crippen molar-refractivity contribution in [1.82, 2.24) is 5.32 Å².